The monoisotopic (exact) mass is 303 g/mol. The Morgan fingerprint density at radius 2 is 1.68 bits per heavy atom. The molecule has 0 amide bonds. The van der Waals surface area contributed by atoms with Crippen molar-refractivity contribution in [1.82, 2.24) is 4.98 Å². The summed E-state index contributed by atoms with van der Waals surface area (Å²) in [5, 5.41) is 0. The first-order valence-corrected chi connectivity index (χ1v) is 6.87. The molecule has 6 heteroatoms. The van der Waals surface area contributed by atoms with Crippen molar-refractivity contribution in [2.75, 3.05) is 19.8 Å². The minimum Gasteiger partial charge on any atom is -0.494 e. The number of aromatic nitrogens is 1. The predicted molar refractivity (Wildman–Crippen MR) is 79.2 cm³/mol. The molecule has 2 rings (SSSR count). The van der Waals surface area contributed by atoms with Crippen LogP contribution in [0.1, 0.15) is 17.4 Å². The van der Waals surface area contributed by atoms with E-state index in [4.69, 9.17) is 14.2 Å². The Morgan fingerprint density at radius 3 is 2.27 bits per heavy atom. The first-order valence-electron chi connectivity index (χ1n) is 6.87. The lowest BCUT2D eigenvalue weighted by molar-refractivity contribution is -0.144. The first-order chi connectivity index (χ1) is 10.7. The van der Waals surface area contributed by atoms with Gasteiger partial charge in [0, 0.05) is 6.20 Å². The average molecular weight is 303 g/mol. The molecule has 1 N–H and O–H groups in total. The highest BCUT2D eigenvalue weighted by Gasteiger charge is 2.11. The van der Waals surface area contributed by atoms with Gasteiger partial charge in [-0.3, -0.25) is 4.79 Å². The number of aromatic amines is 1. The van der Waals surface area contributed by atoms with Gasteiger partial charge in [-0.25, -0.2) is 4.79 Å². The maximum absolute atomic E-state index is 11.6. The van der Waals surface area contributed by atoms with Crippen molar-refractivity contribution < 1.29 is 23.8 Å². The Balaban J connectivity index is 1.72. The highest BCUT2D eigenvalue weighted by atomic mass is 16.6. The molecule has 0 bridgehead atoms. The highest BCUT2D eigenvalue weighted by molar-refractivity contribution is 5.96. The van der Waals surface area contributed by atoms with Gasteiger partial charge in [-0.05, 0) is 43.3 Å². The van der Waals surface area contributed by atoms with Crippen LogP contribution >= 0.6 is 0 Å². The number of nitrogens with one attached hydrogen (secondary N) is 1. The molecule has 0 spiro atoms. The van der Waals surface area contributed by atoms with Gasteiger partial charge < -0.3 is 19.2 Å². The number of ketones is 1. The van der Waals surface area contributed by atoms with Crippen molar-refractivity contribution in [2.45, 2.75) is 6.92 Å². The van der Waals surface area contributed by atoms with Crippen molar-refractivity contribution in [2.24, 2.45) is 0 Å². The third-order valence-corrected chi connectivity index (χ3v) is 2.75. The average Bonchev–Trinajstić information content (AvgIpc) is 3.07. The second kappa shape index (κ2) is 7.87. The molecule has 0 radical (unpaired) electrons. The van der Waals surface area contributed by atoms with Crippen molar-refractivity contribution in [3.8, 4) is 11.5 Å². The number of Topliss-reactive ketones (excluding diaryl/α,β-unsaturated/α-hetero) is 1. The zero-order chi connectivity index (χ0) is 15.8. The molecule has 6 nitrogen and oxygen atoms in total. The molecule has 0 fully saturated rings. The number of H-pyrrole nitrogens is 1. The Morgan fingerprint density at radius 1 is 1.00 bits per heavy atom. The van der Waals surface area contributed by atoms with E-state index in [0.29, 0.717) is 18.1 Å². The van der Waals surface area contributed by atoms with E-state index < -0.39 is 5.97 Å². The summed E-state index contributed by atoms with van der Waals surface area (Å²) in [6.45, 7) is 1.91. The van der Waals surface area contributed by atoms with Gasteiger partial charge in [0.05, 0.1) is 12.3 Å². The van der Waals surface area contributed by atoms with E-state index in [0.717, 1.165) is 5.75 Å². The molecule has 0 unspecified atom stereocenters. The molecule has 0 aliphatic carbocycles. The lowest BCUT2D eigenvalue weighted by Gasteiger charge is -2.07. The summed E-state index contributed by atoms with van der Waals surface area (Å²) in [4.78, 5) is 25.9. The third kappa shape index (κ3) is 4.66. The van der Waals surface area contributed by atoms with Gasteiger partial charge in [-0.2, -0.15) is 0 Å². The molecule has 0 atom stereocenters. The fourth-order valence-electron chi connectivity index (χ4n) is 1.71. The number of esters is 1. The van der Waals surface area contributed by atoms with Crippen LogP contribution in [-0.2, 0) is 9.53 Å². The molecule has 1 aromatic carbocycles. The predicted octanol–water partition coefficient (Wildman–Crippen LogP) is 2.22. The smallest absolute Gasteiger partial charge is 0.344 e. The molecule has 116 valence electrons. The second-order valence-electron chi connectivity index (χ2n) is 4.36. The fraction of sp³-hybridized carbons (Fsp3) is 0.250. The maximum atomic E-state index is 11.6. The Labute approximate surface area is 128 Å². The van der Waals surface area contributed by atoms with Gasteiger partial charge >= 0.3 is 5.97 Å². The summed E-state index contributed by atoms with van der Waals surface area (Å²) in [6, 6.07) is 10.2. The fourth-order valence-corrected chi connectivity index (χ4v) is 1.71. The van der Waals surface area contributed by atoms with Crippen molar-refractivity contribution >= 4 is 11.8 Å². The Bertz CT molecular complexity index is 604. The molecule has 0 saturated carbocycles. The summed E-state index contributed by atoms with van der Waals surface area (Å²) in [7, 11) is 0. The lowest BCUT2D eigenvalue weighted by atomic mass is 10.3. The largest absolute Gasteiger partial charge is 0.494 e. The van der Waals surface area contributed by atoms with Crippen LogP contribution in [0, 0.1) is 0 Å². The van der Waals surface area contributed by atoms with E-state index in [-0.39, 0.29) is 19.0 Å². The topological polar surface area (TPSA) is 77.6 Å². The van der Waals surface area contributed by atoms with Crippen LogP contribution < -0.4 is 9.47 Å². The first kappa shape index (κ1) is 15.6. The molecule has 22 heavy (non-hydrogen) atoms. The molecule has 0 aliphatic rings. The normalized spacial score (nSPS) is 10.0. The van der Waals surface area contributed by atoms with Gasteiger partial charge in [-0.15, -0.1) is 0 Å². The number of hydrogen-bond donors (Lipinski definition) is 1. The molecule has 0 saturated heterocycles. The van der Waals surface area contributed by atoms with Crippen LogP contribution in [0.15, 0.2) is 42.6 Å². The number of ether oxygens (including phenoxy) is 3. The Hall–Kier alpha value is -2.76. The maximum Gasteiger partial charge on any atom is 0.344 e. The SMILES string of the molecule is CCOc1ccc(OCC(=O)OCC(=O)c2ccc[nH]2)cc1. The summed E-state index contributed by atoms with van der Waals surface area (Å²) >= 11 is 0. The molecule has 1 aromatic heterocycles. The van der Waals surface area contributed by atoms with Gasteiger partial charge in [0.2, 0.25) is 5.78 Å². The van der Waals surface area contributed by atoms with E-state index in [1.165, 1.54) is 0 Å². The number of carbonyl (C=O) groups is 2. The minimum atomic E-state index is -0.603. The van der Waals surface area contributed by atoms with E-state index in [1.807, 2.05) is 6.92 Å². The van der Waals surface area contributed by atoms with E-state index in [2.05, 4.69) is 4.98 Å². The standard InChI is InChI=1S/C16H17NO5/c1-2-20-12-5-7-13(8-6-12)21-11-16(19)22-10-15(18)14-4-3-9-17-14/h3-9,17H,2,10-11H2,1H3. The van der Waals surface area contributed by atoms with Crippen LogP contribution in [0.3, 0.4) is 0 Å². The third-order valence-electron chi connectivity index (χ3n) is 2.75. The van der Waals surface area contributed by atoms with Crippen molar-refractivity contribution in [3.05, 3.63) is 48.3 Å². The molecular weight excluding hydrogens is 286 g/mol. The quantitative estimate of drug-likeness (QED) is 0.597. The zero-order valence-electron chi connectivity index (χ0n) is 12.2. The zero-order valence-corrected chi connectivity index (χ0v) is 12.2. The van der Waals surface area contributed by atoms with E-state index in [1.54, 1.807) is 42.6 Å². The molecular formula is C16H17NO5. The van der Waals surface area contributed by atoms with Gasteiger partial charge in [-0.1, -0.05) is 0 Å². The summed E-state index contributed by atoms with van der Waals surface area (Å²) in [5.41, 5.74) is 0.403. The minimum absolute atomic E-state index is 0.258. The lowest BCUT2D eigenvalue weighted by Crippen LogP contribution is -2.19. The summed E-state index contributed by atoms with van der Waals surface area (Å²) in [5.74, 6) is 0.360. The molecule has 1 heterocycles. The molecule has 0 aliphatic heterocycles. The summed E-state index contributed by atoms with van der Waals surface area (Å²) in [6.07, 6.45) is 1.63. The van der Waals surface area contributed by atoms with E-state index >= 15 is 0 Å². The second-order valence-corrected chi connectivity index (χ2v) is 4.36. The highest BCUT2D eigenvalue weighted by Crippen LogP contribution is 2.17. The number of rotatable bonds is 8. The summed E-state index contributed by atoms with van der Waals surface area (Å²) < 4.78 is 15.4. The van der Waals surface area contributed by atoms with Crippen LogP contribution in [0.2, 0.25) is 0 Å². The van der Waals surface area contributed by atoms with Gasteiger partial charge in [0.15, 0.2) is 13.2 Å². The van der Waals surface area contributed by atoms with Crippen LogP contribution in [0.25, 0.3) is 0 Å². The van der Waals surface area contributed by atoms with Gasteiger partial charge in [0.25, 0.3) is 0 Å². The van der Waals surface area contributed by atoms with Crippen LogP contribution in [0.4, 0.5) is 0 Å². The Kier molecular flexibility index (Phi) is 5.59. The number of hydrogen-bond acceptors (Lipinski definition) is 5. The number of carbonyl (C=O) groups excluding carboxylic acids is 2. The number of benzene rings is 1. The van der Waals surface area contributed by atoms with E-state index in [9.17, 15) is 9.59 Å². The molecule has 2 aromatic rings. The van der Waals surface area contributed by atoms with Crippen molar-refractivity contribution in [1.29, 1.82) is 0 Å². The van der Waals surface area contributed by atoms with Crippen LogP contribution in [-0.4, -0.2) is 36.6 Å². The van der Waals surface area contributed by atoms with Gasteiger partial charge in [0.1, 0.15) is 11.5 Å². The van der Waals surface area contributed by atoms with Crippen molar-refractivity contribution in [3.63, 3.8) is 0 Å². The van der Waals surface area contributed by atoms with Crippen LogP contribution in [0.5, 0.6) is 11.5 Å².